The molecule has 0 radical (unpaired) electrons. The van der Waals surface area contributed by atoms with Crippen LogP contribution >= 0.6 is 7.82 Å². The molecule has 0 saturated carbocycles. The highest BCUT2D eigenvalue weighted by Crippen LogP contribution is 2.42. The van der Waals surface area contributed by atoms with E-state index in [0.717, 1.165) is 35.6 Å². The number of esters is 1. The molecule has 2 fully saturated rings. The Kier molecular flexibility index (Phi) is 8.52. The van der Waals surface area contributed by atoms with E-state index in [1.54, 1.807) is 0 Å². The molecule has 0 bridgehead atoms. The summed E-state index contributed by atoms with van der Waals surface area (Å²) in [4.78, 5) is 30.0. The molecule has 204 valence electrons. The highest BCUT2D eigenvalue weighted by atomic mass is 32.2. The van der Waals surface area contributed by atoms with Crippen molar-refractivity contribution in [1.82, 2.24) is 9.62 Å². The van der Waals surface area contributed by atoms with Crippen molar-refractivity contribution in [2.45, 2.75) is 54.2 Å². The smallest absolute Gasteiger partial charge is 0.448 e. The molecule has 17 heteroatoms. The summed E-state index contributed by atoms with van der Waals surface area (Å²) in [6.07, 6.45) is -9.46. The zero-order valence-corrected chi connectivity index (χ0v) is 20.6. The second kappa shape index (κ2) is 10.6. The molecule has 2 aliphatic rings. The van der Waals surface area contributed by atoms with Gasteiger partial charge in [0.15, 0.2) is 6.10 Å². The van der Waals surface area contributed by atoms with Gasteiger partial charge in [0.2, 0.25) is 16.1 Å². The highest BCUT2D eigenvalue weighted by Gasteiger charge is 2.55. The van der Waals surface area contributed by atoms with Crippen molar-refractivity contribution in [2.75, 3.05) is 26.7 Å². The van der Waals surface area contributed by atoms with Gasteiger partial charge in [-0.25, -0.2) is 22.2 Å². The first kappa shape index (κ1) is 28.9. The van der Waals surface area contributed by atoms with Crippen LogP contribution in [0.2, 0.25) is 0 Å². The number of alkyl halides is 3. The van der Waals surface area contributed by atoms with Gasteiger partial charge < -0.3 is 24.6 Å². The second-order valence-corrected chi connectivity index (χ2v) is 11.7. The summed E-state index contributed by atoms with van der Waals surface area (Å²) in [5.41, 5.74) is -1.03. The lowest BCUT2D eigenvalue weighted by atomic mass is 9.88. The number of hydrogen-bond acceptors (Lipinski definition) is 8. The Labute approximate surface area is 204 Å². The molecule has 0 amide bonds. The Balaban J connectivity index is 1.89. The van der Waals surface area contributed by atoms with Crippen LogP contribution in [0.1, 0.15) is 19.3 Å². The third kappa shape index (κ3) is 6.81. The molecule has 2 saturated heterocycles. The lowest BCUT2D eigenvalue weighted by Crippen LogP contribution is -2.48. The normalized spacial score (nSPS) is 23.7. The molecule has 0 aromatic heterocycles. The average molecular weight is 564 g/mol. The third-order valence-corrected chi connectivity index (χ3v) is 8.41. The topological polar surface area (TPSA) is 152 Å². The van der Waals surface area contributed by atoms with E-state index >= 15 is 0 Å². The van der Waals surface area contributed by atoms with Gasteiger partial charge in [-0.2, -0.15) is 17.5 Å². The molecule has 2 heterocycles. The third-order valence-electron chi connectivity index (χ3n) is 6.03. The summed E-state index contributed by atoms with van der Waals surface area (Å²) in [6, 6.07) is 2.55. The van der Waals surface area contributed by atoms with Crippen LogP contribution in [0.15, 0.2) is 29.2 Å². The van der Waals surface area contributed by atoms with Crippen LogP contribution in [-0.4, -0.2) is 85.3 Å². The Bertz CT molecular complexity index is 1090. The van der Waals surface area contributed by atoms with Gasteiger partial charge in [-0.1, -0.05) is 0 Å². The van der Waals surface area contributed by atoms with Gasteiger partial charge in [-0.15, -0.1) is 0 Å². The predicted octanol–water partition coefficient (Wildman–Crippen LogP) is 1.31. The maximum Gasteiger partial charge on any atom is 0.469 e. The lowest BCUT2D eigenvalue weighted by molar-refractivity contribution is -0.234. The summed E-state index contributed by atoms with van der Waals surface area (Å²) < 4.78 is 106. The zero-order valence-electron chi connectivity index (χ0n) is 18.9. The van der Waals surface area contributed by atoms with Gasteiger partial charge in [0, 0.05) is 7.05 Å². The van der Waals surface area contributed by atoms with Crippen LogP contribution in [0.4, 0.5) is 17.6 Å². The van der Waals surface area contributed by atoms with Gasteiger partial charge >= 0.3 is 20.0 Å². The molecule has 1 unspecified atom stereocenters. The van der Waals surface area contributed by atoms with E-state index in [1.165, 1.54) is 0 Å². The van der Waals surface area contributed by atoms with Crippen LogP contribution in [0.25, 0.3) is 0 Å². The number of sulfonamides is 1. The van der Waals surface area contributed by atoms with Crippen molar-refractivity contribution in [3.63, 3.8) is 0 Å². The number of benzene rings is 1. The van der Waals surface area contributed by atoms with E-state index in [1.807, 2.05) is 0 Å². The maximum atomic E-state index is 13.4. The number of piperidine rings is 1. The number of likely N-dealkylation sites (N-methyl/N-ethyl adjacent to an activating group) is 1. The first-order valence-electron chi connectivity index (χ1n) is 10.6. The fraction of sp³-hybridized carbons (Fsp3) is 0.632. The predicted molar refractivity (Wildman–Crippen MR) is 113 cm³/mol. The fourth-order valence-corrected chi connectivity index (χ4v) is 5.82. The van der Waals surface area contributed by atoms with Crippen molar-refractivity contribution in [1.29, 1.82) is 0 Å². The lowest BCUT2D eigenvalue weighted by Gasteiger charge is -2.33. The minimum absolute atomic E-state index is 0.0406. The number of nitrogens with zero attached hydrogens (tertiary/aromatic N) is 1. The number of halogens is 4. The summed E-state index contributed by atoms with van der Waals surface area (Å²) in [5.74, 6) is -2.26. The molecule has 3 rings (SSSR count). The van der Waals surface area contributed by atoms with E-state index in [9.17, 15) is 35.3 Å². The number of carbonyl (C=O) groups excluding carboxylic acids is 1. The first-order valence-corrected chi connectivity index (χ1v) is 13.6. The standard InChI is InChI=1S/C19H25F4N2O9PS/c1-25(36(30,31)13-4-2-12(20)3-5-13)14-10-18(6-8-24-9-7-18)34-16(14)17(26)33-15(19(21,22)23)11-32-35(27,28)29/h2-5,14-16,24H,6-11H2,1H3,(H2,27,28,29)/t14-,15-,16?/m1/s1. The van der Waals surface area contributed by atoms with Crippen molar-refractivity contribution < 1.29 is 59.1 Å². The molecule has 36 heavy (non-hydrogen) atoms. The second-order valence-electron chi connectivity index (χ2n) is 8.47. The number of hydrogen-bond donors (Lipinski definition) is 3. The minimum atomic E-state index is -5.32. The van der Waals surface area contributed by atoms with Crippen LogP contribution < -0.4 is 5.32 Å². The average Bonchev–Trinajstić information content (AvgIpc) is 3.14. The van der Waals surface area contributed by atoms with Gasteiger partial charge in [0.05, 0.1) is 16.5 Å². The van der Waals surface area contributed by atoms with Crippen molar-refractivity contribution in [2.24, 2.45) is 0 Å². The number of carbonyl (C=O) groups is 1. The largest absolute Gasteiger partial charge is 0.469 e. The van der Waals surface area contributed by atoms with Crippen LogP contribution in [-0.2, 0) is 33.4 Å². The Morgan fingerprint density at radius 2 is 1.86 bits per heavy atom. The van der Waals surface area contributed by atoms with Crippen molar-refractivity contribution in [3.8, 4) is 0 Å². The Morgan fingerprint density at radius 1 is 1.28 bits per heavy atom. The monoisotopic (exact) mass is 564 g/mol. The van der Waals surface area contributed by atoms with Crippen molar-refractivity contribution >= 4 is 23.8 Å². The summed E-state index contributed by atoms with van der Waals surface area (Å²) >= 11 is 0. The number of phosphoric acid groups is 1. The van der Waals surface area contributed by atoms with E-state index in [4.69, 9.17) is 14.5 Å². The van der Waals surface area contributed by atoms with Gasteiger partial charge in [0.25, 0.3) is 0 Å². The fourth-order valence-electron chi connectivity index (χ4n) is 4.13. The number of rotatable bonds is 8. The van der Waals surface area contributed by atoms with Gasteiger partial charge in [0.1, 0.15) is 12.4 Å². The molecule has 1 aromatic rings. The van der Waals surface area contributed by atoms with Crippen LogP contribution in [0.5, 0.6) is 0 Å². The Hall–Kier alpha value is -1.65. The van der Waals surface area contributed by atoms with E-state index < -0.39 is 66.3 Å². The van der Waals surface area contributed by atoms with E-state index in [-0.39, 0.29) is 11.3 Å². The molecule has 2 aliphatic heterocycles. The molecule has 0 aliphatic carbocycles. The van der Waals surface area contributed by atoms with Gasteiger partial charge in [-0.3, -0.25) is 4.52 Å². The number of phosphoric ester groups is 1. The highest BCUT2D eigenvalue weighted by molar-refractivity contribution is 7.89. The molecule has 11 nitrogen and oxygen atoms in total. The number of ether oxygens (including phenoxy) is 2. The first-order chi connectivity index (χ1) is 16.5. The molecule has 1 spiro atoms. The van der Waals surface area contributed by atoms with E-state index in [2.05, 4.69) is 14.6 Å². The SMILES string of the molecule is CN([C@@H]1CC2(CCNCC2)OC1C(=O)O[C@H](COP(=O)(O)O)C(F)(F)F)S(=O)(=O)c1ccc(F)cc1. The minimum Gasteiger partial charge on any atom is -0.448 e. The number of nitrogens with one attached hydrogen (secondary N) is 1. The Morgan fingerprint density at radius 3 is 2.39 bits per heavy atom. The summed E-state index contributed by atoms with van der Waals surface area (Å²) in [5, 5.41) is 3.07. The maximum absolute atomic E-state index is 13.4. The molecule has 3 atom stereocenters. The quantitative estimate of drug-likeness (QED) is 0.240. The van der Waals surface area contributed by atoms with Crippen LogP contribution in [0.3, 0.4) is 0 Å². The summed E-state index contributed by atoms with van der Waals surface area (Å²) in [7, 11) is -8.53. The zero-order chi connectivity index (χ0) is 26.9. The molecule has 3 N–H and O–H groups in total. The van der Waals surface area contributed by atoms with E-state index in [0.29, 0.717) is 25.9 Å². The van der Waals surface area contributed by atoms with Crippen molar-refractivity contribution in [3.05, 3.63) is 30.1 Å². The van der Waals surface area contributed by atoms with Gasteiger partial charge in [-0.05, 0) is 56.6 Å². The summed E-state index contributed by atoms with van der Waals surface area (Å²) in [6.45, 7) is -0.788. The molecular formula is C19H25F4N2O9PS. The van der Waals surface area contributed by atoms with Crippen LogP contribution in [0, 0.1) is 5.82 Å². The molecular weight excluding hydrogens is 539 g/mol. The molecule has 1 aromatic carbocycles.